The summed E-state index contributed by atoms with van der Waals surface area (Å²) < 4.78 is 0. The zero-order chi connectivity index (χ0) is 12.0. The third-order valence-electron chi connectivity index (χ3n) is 3.13. The Morgan fingerprint density at radius 3 is 2.62 bits per heavy atom. The maximum Gasteiger partial charge on any atom is 0.433 e. The lowest BCUT2D eigenvalue weighted by Crippen LogP contribution is -2.28. The lowest BCUT2D eigenvalue weighted by Gasteiger charge is -2.24. The van der Waals surface area contributed by atoms with Gasteiger partial charge in [0, 0.05) is 18.2 Å². The van der Waals surface area contributed by atoms with Crippen LogP contribution in [0, 0.1) is 5.41 Å². The average Bonchev–Trinajstić information content (AvgIpc) is 2.71. The van der Waals surface area contributed by atoms with Crippen LogP contribution in [-0.2, 0) is 4.84 Å². The van der Waals surface area contributed by atoms with Crippen LogP contribution in [0.25, 0.3) is 0 Å². The highest BCUT2D eigenvalue weighted by atomic mass is 32.2. The van der Waals surface area contributed by atoms with Gasteiger partial charge >= 0.3 is 6.09 Å². The number of carbonyl (C=O) groups excluding carboxylic acids is 1. The third-order valence-corrected chi connectivity index (χ3v) is 3.69. The smallest absolute Gasteiger partial charge is 0.323 e. The Balaban J connectivity index is 2.69. The summed E-state index contributed by atoms with van der Waals surface area (Å²) in [6, 6.07) is 0. The van der Waals surface area contributed by atoms with Gasteiger partial charge in [-0.3, -0.25) is 4.84 Å². The molecule has 92 valence electrons. The van der Waals surface area contributed by atoms with E-state index in [1.807, 2.05) is 6.26 Å². The van der Waals surface area contributed by atoms with E-state index >= 15 is 0 Å². The number of hydrogen-bond donors (Lipinski definition) is 1. The van der Waals surface area contributed by atoms with Gasteiger partial charge in [-0.25, -0.2) is 4.79 Å². The van der Waals surface area contributed by atoms with Gasteiger partial charge in [0.25, 0.3) is 0 Å². The molecule has 0 aromatic heterocycles. The molecule has 1 aliphatic rings. The number of rotatable bonds is 4. The number of amides is 1. The first-order chi connectivity index (χ1) is 7.62. The highest BCUT2D eigenvalue weighted by Gasteiger charge is 2.34. The Labute approximate surface area is 101 Å². The van der Waals surface area contributed by atoms with Crippen molar-refractivity contribution >= 4 is 23.6 Å². The highest BCUT2D eigenvalue weighted by Crippen LogP contribution is 2.39. The van der Waals surface area contributed by atoms with E-state index in [0.29, 0.717) is 0 Å². The zero-order valence-corrected chi connectivity index (χ0v) is 11.0. The fraction of sp³-hybridized carbons (Fsp3) is 0.818. The van der Waals surface area contributed by atoms with Gasteiger partial charge in [-0.15, -0.1) is 0 Å². The number of nitrogens with one attached hydrogen (secondary N) is 1. The summed E-state index contributed by atoms with van der Waals surface area (Å²) in [5.74, 6) is 0.827. The van der Waals surface area contributed by atoms with Crippen molar-refractivity contribution in [1.29, 1.82) is 0 Å². The van der Waals surface area contributed by atoms with E-state index in [1.165, 1.54) is 19.9 Å². The molecule has 1 rings (SSSR count). The SMILES string of the molecule is CNC(=O)ON=C(CSC)C1(C)CCCC1. The summed E-state index contributed by atoms with van der Waals surface area (Å²) in [5, 5.41) is 6.41. The lowest BCUT2D eigenvalue weighted by molar-refractivity contribution is 0.151. The molecule has 16 heavy (non-hydrogen) atoms. The predicted molar refractivity (Wildman–Crippen MR) is 67.9 cm³/mol. The second-order valence-electron chi connectivity index (χ2n) is 4.37. The molecule has 0 spiro atoms. The molecule has 1 saturated carbocycles. The molecular weight excluding hydrogens is 224 g/mol. The third kappa shape index (κ3) is 3.40. The zero-order valence-electron chi connectivity index (χ0n) is 10.2. The molecule has 1 fully saturated rings. The molecule has 0 unspecified atom stereocenters. The summed E-state index contributed by atoms with van der Waals surface area (Å²) in [6.45, 7) is 2.21. The molecule has 0 saturated heterocycles. The quantitative estimate of drug-likeness (QED) is 0.470. The van der Waals surface area contributed by atoms with Crippen molar-refractivity contribution < 1.29 is 9.63 Å². The summed E-state index contributed by atoms with van der Waals surface area (Å²) in [6.07, 6.45) is 6.30. The molecule has 0 radical (unpaired) electrons. The van der Waals surface area contributed by atoms with E-state index in [4.69, 9.17) is 4.84 Å². The van der Waals surface area contributed by atoms with Crippen LogP contribution in [0.3, 0.4) is 0 Å². The molecule has 0 aromatic carbocycles. The number of hydrogen-bond acceptors (Lipinski definition) is 4. The van der Waals surface area contributed by atoms with Crippen LogP contribution in [0.5, 0.6) is 0 Å². The van der Waals surface area contributed by atoms with E-state index < -0.39 is 6.09 Å². The van der Waals surface area contributed by atoms with Crippen molar-refractivity contribution in [1.82, 2.24) is 5.32 Å². The number of thioether (sulfide) groups is 1. The second kappa shape index (κ2) is 6.13. The Morgan fingerprint density at radius 1 is 1.50 bits per heavy atom. The Kier molecular flexibility index (Phi) is 5.12. The molecule has 1 N–H and O–H groups in total. The van der Waals surface area contributed by atoms with Gasteiger partial charge in [0.1, 0.15) is 0 Å². The molecular formula is C11H20N2O2S. The first-order valence-electron chi connectivity index (χ1n) is 5.57. The van der Waals surface area contributed by atoms with Crippen LogP contribution in [0.1, 0.15) is 32.6 Å². The Bertz CT molecular complexity index is 273. The molecule has 1 amide bonds. The fourth-order valence-electron chi connectivity index (χ4n) is 2.03. The van der Waals surface area contributed by atoms with Crippen LogP contribution in [0.15, 0.2) is 5.16 Å². The van der Waals surface area contributed by atoms with Gasteiger partial charge in [-0.05, 0) is 19.1 Å². The Morgan fingerprint density at radius 2 is 2.12 bits per heavy atom. The molecule has 1 aliphatic carbocycles. The maximum atomic E-state index is 11.0. The monoisotopic (exact) mass is 244 g/mol. The number of oxime groups is 1. The van der Waals surface area contributed by atoms with Gasteiger partial charge in [0.05, 0.1) is 5.71 Å². The lowest BCUT2D eigenvalue weighted by atomic mass is 9.84. The summed E-state index contributed by atoms with van der Waals surface area (Å²) in [4.78, 5) is 15.8. The van der Waals surface area contributed by atoms with Crippen molar-refractivity contribution in [3.63, 3.8) is 0 Å². The fourth-order valence-corrected chi connectivity index (χ4v) is 2.71. The summed E-state index contributed by atoms with van der Waals surface area (Å²) >= 11 is 1.71. The van der Waals surface area contributed by atoms with E-state index in [0.717, 1.165) is 24.3 Å². The van der Waals surface area contributed by atoms with Crippen LogP contribution < -0.4 is 5.32 Å². The summed E-state index contributed by atoms with van der Waals surface area (Å²) in [5.41, 5.74) is 1.12. The minimum Gasteiger partial charge on any atom is -0.323 e. The van der Waals surface area contributed by atoms with Crippen molar-refractivity contribution in [2.45, 2.75) is 32.6 Å². The standard InChI is InChI=1S/C11H20N2O2S/c1-11(6-4-5-7-11)9(8-16-3)13-15-10(14)12-2/h4-8H2,1-3H3,(H,12,14). The molecule has 0 aromatic rings. The first kappa shape index (κ1) is 13.4. The number of nitrogens with zero attached hydrogens (tertiary/aromatic N) is 1. The average molecular weight is 244 g/mol. The van der Waals surface area contributed by atoms with Gasteiger partial charge in [-0.2, -0.15) is 11.8 Å². The van der Waals surface area contributed by atoms with E-state index in [9.17, 15) is 4.79 Å². The van der Waals surface area contributed by atoms with Crippen LogP contribution >= 0.6 is 11.8 Å². The molecule has 0 atom stereocenters. The molecule has 5 heteroatoms. The van der Waals surface area contributed by atoms with E-state index in [-0.39, 0.29) is 5.41 Å². The van der Waals surface area contributed by atoms with Gasteiger partial charge in [0.2, 0.25) is 0 Å². The highest BCUT2D eigenvalue weighted by molar-refractivity contribution is 7.99. The van der Waals surface area contributed by atoms with Gasteiger partial charge in [0.15, 0.2) is 0 Å². The number of carbonyl (C=O) groups is 1. The molecule has 4 nitrogen and oxygen atoms in total. The molecule has 0 heterocycles. The van der Waals surface area contributed by atoms with Crippen LogP contribution in [0.2, 0.25) is 0 Å². The van der Waals surface area contributed by atoms with Crippen LogP contribution in [0.4, 0.5) is 4.79 Å². The predicted octanol–water partition coefficient (Wildman–Crippen LogP) is 2.64. The van der Waals surface area contributed by atoms with Gasteiger partial charge < -0.3 is 5.32 Å². The van der Waals surface area contributed by atoms with Gasteiger partial charge in [-0.1, -0.05) is 24.9 Å². The minimum atomic E-state index is -0.500. The normalized spacial score (nSPS) is 19.6. The van der Waals surface area contributed by atoms with Crippen molar-refractivity contribution in [3.8, 4) is 0 Å². The van der Waals surface area contributed by atoms with E-state index in [2.05, 4.69) is 17.4 Å². The van der Waals surface area contributed by atoms with Crippen molar-refractivity contribution in [2.24, 2.45) is 10.6 Å². The van der Waals surface area contributed by atoms with E-state index in [1.54, 1.807) is 11.8 Å². The second-order valence-corrected chi connectivity index (χ2v) is 5.23. The maximum absolute atomic E-state index is 11.0. The molecule has 0 bridgehead atoms. The topological polar surface area (TPSA) is 50.7 Å². The molecule has 0 aliphatic heterocycles. The van der Waals surface area contributed by atoms with Crippen molar-refractivity contribution in [2.75, 3.05) is 19.1 Å². The minimum absolute atomic E-state index is 0.122. The first-order valence-corrected chi connectivity index (χ1v) is 6.97. The largest absolute Gasteiger partial charge is 0.433 e. The summed E-state index contributed by atoms with van der Waals surface area (Å²) in [7, 11) is 1.53. The van der Waals surface area contributed by atoms with Crippen LogP contribution in [-0.4, -0.2) is 30.9 Å². The Hall–Kier alpha value is -0.710. The van der Waals surface area contributed by atoms with Crippen molar-refractivity contribution in [3.05, 3.63) is 0 Å².